The molecule has 4 nitrogen and oxygen atoms in total. The average Bonchev–Trinajstić information content (AvgIpc) is 3.16. The van der Waals surface area contributed by atoms with Crippen LogP contribution >= 0.6 is 0 Å². The third-order valence-corrected chi connectivity index (χ3v) is 4.87. The number of hydrogen-bond donors (Lipinski definition) is 1. The molecule has 2 aromatic rings. The first-order valence-corrected chi connectivity index (χ1v) is 8.39. The number of nitrogens with one attached hydrogen (secondary N) is 1. The van der Waals surface area contributed by atoms with E-state index in [2.05, 4.69) is 45.5 Å². The summed E-state index contributed by atoms with van der Waals surface area (Å²) in [6.45, 7) is 3.94. The lowest BCUT2D eigenvalue weighted by molar-refractivity contribution is 0.0120. The Morgan fingerprint density at radius 1 is 1.17 bits per heavy atom. The SMILES string of the molecule is c1ccc(CN2CC[C@@]3(C[C@H](Nc4ccccn4)CO3)C2)cc1. The van der Waals surface area contributed by atoms with Crippen molar-refractivity contribution >= 4 is 5.82 Å². The molecule has 0 amide bonds. The van der Waals surface area contributed by atoms with Crippen LogP contribution in [0.1, 0.15) is 18.4 Å². The van der Waals surface area contributed by atoms with Gasteiger partial charge in [0.1, 0.15) is 5.82 Å². The van der Waals surface area contributed by atoms with Crippen molar-refractivity contribution in [3.8, 4) is 0 Å². The fourth-order valence-electron chi connectivity index (χ4n) is 3.78. The molecule has 1 spiro atoms. The van der Waals surface area contributed by atoms with E-state index >= 15 is 0 Å². The van der Waals surface area contributed by atoms with Crippen LogP contribution in [0, 0.1) is 0 Å². The Balaban J connectivity index is 1.34. The molecule has 23 heavy (non-hydrogen) atoms. The summed E-state index contributed by atoms with van der Waals surface area (Å²) in [6, 6.07) is 17.0. The minimum atomic E-state index is 0.0290. The van der Waals surface area contributed by atoms with E-state index in [1.165, 1.54) is 5.56 Å². The first-order chi connectivity index (χ1) is 11.3. The second-order valence-corrected chi connectivity index (χ2v) is 6.70. The maximum atomic E-state index is 6.22. The van der Waals surface area contributed by atoms with Gasteiger partial charge < -0.3 is 10.1 Å². The summed E-state index contributed by atoms with van der Waals surface area (Å²) in [5, 5.41) is 3.50. The molecular weight excluding hydrogens is 286 g/mol. The molecule has 1 N–H and O–H groups in total. The van der Waals surface area contributed by atoms with E-state index in [-0.39, 0.29) is 5.60 Å². The number of likely N-dealkylation sites (tertiary alicyclic amines) is 1. The van der Waals surface area contributed by atoms with Crippen LogP contribution in [0.4, 0.5) is 5.82 Å². The molecule has 1 aromatic heterocycles. The highest BCUT2D eigenvalue weighted by Gasteiger charge is 2.45. The Kier molecular flexibility index (Phi) is 4.02. The summed E-state index contributed by atoms with van der Waals surface area (Å²) in [5.74, 6) is 0.942. The van der Waals surface area contributed by atoms with Crippen molar-refractivity contribution in [3.05, 3.63) is 60.3 Å². The molecule has 120 valence electrons. The molecule has 1 aromatic carbocycles. The summed E-state index contributed by atoms with van der Waals surface area (Å²) in [5.41, 5.74) is 1.41. The van der Waals surface area contributed by atoms with Gasteiger partial charge in [0, 0.05) is 32.3 Å². The molecule has 4 rings (SSSR count). The second-order valence-electron chi connectivity index (χ2n) is 6.70. The quantitative estimate of drug-likeness (QED) is 0.942. The van der Waals surface area contributed by atoms with Crippen molar-refractivity contribution in [2.24, 2.45) is 0 Å². The molecule has 2 aliphatic heterocycles. The van der Waals surface area contributed by atoms with Gasteiger partial charge in [0.05, 0.1) is 18.2 Å². The van der Waals surface area contributed by atoms with Crippen LogP contribution in [0.15, 0.2) is 54.7 Å². The Morgan fingerprint density at radius 2 is 2.04 bits per heavy atom. The molecule has 3 heterocycles. The van der Waals surface area contributed by atoms with E-state index in [4.69, 9.17) is 4.74 Å². The standard InChI is InChI=1S/C19H23N3O/c1-2-6-16(7-3-1)13-22-11-9-19(15-22)12-17(14-23-19)21-18-8-4-5-10-20-18/h1-8,10,17H,9,11-15H2,(H,20,21)/t17-,19+/m0/s1. The molecule has 0 radical (unpaired) electrons. The van der Waals surface area contributed by atoms with Gasteiger partial charge >= 0.3 is 0 Å². The van der Waals surface area contributed by atoms with Gasteiger partial charge in [0.15, 0.2) is 0 Å². The average molecular weight is 309 g/mol. The third-order valence-electron chi connectivity index (χ3n) is 4.87. The number of rotatable bonds is 4. The number of aromatic nitrogens is 1. The van der Waals surface area contributed by atoms with Crippen molar-refractivity contribution in [1.82, 2.24) is 9.88 Å². The van der Waals surface area contributed by atoms with Crippen molar-refractivity contribution in [2.75, 3.05) is 25.0 Å². The fraction of sp³-hybridized carbons (Fsp3) is 0.421. The highest BCUT2D eigenvalue weighted by Crippen LogP contribution is 2.36. The summed E-state index contributed by atoms with van der Waals surface area (Å²) in [6.07, 6.45) is 4.01. The zero-order valence-corrected chi connectivity index (χ0v) is 13.3. The topological polar surface area (TPSA) is 37.4 Å². The first kappa shape index (κ1) is 14.7. The molecule has 2 fully saturated rings. The van der Waals surface area contributed by atoms with Gasteiger partial charge in [0.2, 0.25) is 0 Å². The van der Waals surface area contributed by atoms with Gasteiger partial charge in [0.25, 0.3) is 0 Å². The molecule has 4 heteroatoms. The lowest BCUT2D eigenvalue weighted by Crippen LogP contribution is -2.33. The number of pyridine rings is 1. The number of benzene rings is 1. The third kappa shape index (κ3) is 3.38. The molecular formula is C19H23N3O. The van der Waals surface area contributed by atoms with Gasteiger partial charge in [-0.25, -0.2) is 4.98 Å². The van der Waals surface area contributed by atoms with Crippen molar-refractivity contribution in [2.45, 2.75) is 31.0 Å². The van der Waals surface area contributed by atoms with Crippen LogP contribution in [-0.4, -0.2) is 41.2 Å². The first-order valence-electron chi connectivity index (χ1n) is 8.39. The molecule has 2 aliphatic rings. The number of anilines is 1. The Morgan fingerprint density at radius 3 is 2.87 bits per heavy atom. The molecule has 0 unspecified atom stereocenters. The Labute approximate surface area is 137 Å². The van der Waals surface area contributed by atoms with E-state index < -0.39 is 0 Å². The Bertz CT molecular complexity index is 574. The number of ether oxygens (including phenoxy) is 1. The van der Waals surface area contributed by atoms with E-state index in [1.54, 1.807) is 0 Å². The van der Waals surface area contributed by atoms with Gasteiger partial charge in [-0.05, 0) is 24.1 Å². The van der Waals surface area contributed by atoms with Gasteiger partial charge in [-0.1, -0.05) is 36.4 Å². The minimum absolute atomic E-state index is 0.0290. The summed E-state index contributed by atoms with van der Waals surface area (Å²) >= 11 is 0. The predicted octanol–water partition coefficient (Wildman–Crippen LogP) is 2.93. The highest BCUT2D eigenvalue weighted by molar-refractivity contribution is 5.35. The number of nitrogens with zero attached hydrogens (tertiary/aromatic N) is 2. The van der Waals surface area contributed by atoms with E-state index in [9.17, 15) is 0 Å². The molecule has 0 aliphatic carbocycles. The highest BCUT2D eigenvalue weighted by atomic mass is 16.5. The molecule has 2 saturated heterocycles. The van der Waals surface area contributed by atoms with Gasteiger partial charge in [-0.3, -0.25) is 4.90 Å². The van der Waals surface area contributed by atoms with Gasteiger partial charge in [-0.2, -0.15) is 0 Å². The van der Waals surface area contributed by atoms with Crippen LogP contribution in [0.25, 0.3) is 0 Å². The van der Waals surface area contributed by atoms with Crippen LogP contribution in [-0.2, 0) is 11.3 Å². The van der Waals surface area contributed by atoms with E-state index in [0.29, 0.717) is 6.04 Å². The maximum Gasteiger partial charge on any atom is 0.126 e. The van der Waals surface area contributed by atoms with Crippen molar-refractivity contribution in [1.29, 1.82) is 0 Å². The predicted molar refractivity (Wildman–Crippen MR) is 91.3 cm³/mol. The minimum Gasteiger partial charge on any atom is -0.371 e. The largest absolute Gasteiger partial charge is 0.371 e. The molecule has 0 bridgehead atoms. The van der Waals surface area contributed by atoms with E-state index in [1.807, 2.05) is 24.4 Å². The lowest BCUT2D eigenvalue weighted by Gasteiger charge is -2.23. The monoisotopic (exact) mass is 309 g/mol. The van der Waals surface area contributed by atoms with Crippen LogP contribution in [0.5, 0.6) is 0 Å². The van der Waals surface area contributed by atoms with Crippen LogP contribution in [0.3, 0.4) is 0 Å². The van der Waals surface area contributed by atoms with Crippen molar-refractivity contribution < 1.29 is 4.74 Å². The summed E-state index contributed by atoms with van der Waals surface area (Å²) in [7, 11) is 0. The van der Waals surface area contributed by atoms with Crippen LogP contribution in [0.2, 0.25) is 0 Å². The molecule has 2 atom stereocenters. The lowest BCUT2D eigenvalue weighted by atomic mass is 9.97. The Hall–Kier alpha value is -1.91. The zero-order chi connectivity index (χ0) is 15.5. The summed E-state index contributed by atoms with van der Waals surface area (Å²) < 4.78 is 6.22. The fourth-order valence-corrected chi connectivity index (χ4v) is 3.78. The molecule has 0 saturated carbocycles. The maximum absolute atomic E-state index is 6.22. The van der Waals surface area contributed by atoms with Crippen LogP contribution < -0.4 is 5.32 Å². The normalized spacial score (nSPS) is 27.6. The van der Waals surface area contributed by atoms with E-state index in [0.717, 1.165) is 44.9 Å². The number of hydrogen-bond acceptors (Lipinski definition) is 4. The van der Waals surface area contributed by atoms with Crippen molar-refractivity contribution in [3.63, 3.8) is 0 Å². The second kappa shape index (κ2) is 6.30. The smallest absolute Gasteiger partial charge is 0.126 e. The zero-order valence-electron chi connectivity index (χ0n) is 13.3. The van der Waals surface area contributed by atoms with Gasteiger partial charge in [-0.15, -0.1) is 0 Å². The summed E-state index contributed by atoms with van der Waals surface area (Å²) in [4.78, 5) is 6.86.